The number of rotatable bonds is 3. The van der Waals surface area contributed by atoms with Crippen molar-refractivity contribution in [1.82, 2.24) is 0 Å². The molecule has 2 nitrogen and oxygen atoms in total. The van der Waals surface area contributed by atoms with Gasteiger partial charge in [0.05, 0.1) is 17.2 Å². The van der Waals surface area contributed by atoms with E-state index in [1.54, 1.807) is 0 Å². The first-order valence-corrected chi connectivity index (χ1v) is 7.64. The van der Waals surface area contributed by atoms with Crippen LogP contribution < -0.4 is 4.74 Å². The van der Waals surface area contributed by atoms with Crippen LogP contribution >= 0.6 is 27.5 Å². The molecular weight excluding hydrogens is 359 g/mol. The number of carbonyl (C=O) groups excluding carboxylic acids is 1. The first kappa shape index (κ1) is 14.5. The molecule has 0 bridgehead atoms. The molecule has 5 heteroatoms. The monoisotopic (exact) mass is 368 g/mol. The van der Waals surface area contributed by atoms with Gasteiger partial charge < -0.3 is 4.74 Å². The molecule has 108 valence electrons. The van der Waals surface area contributed by atoms with Crippen molar-refractivity contribution in [3.8, 4) is 5.75 Å². The average molecular weight is 370 g/mol. The number of hydrogen-bond donors (Lipinski definition) is 0. The summed E-state index contributed by atoms with van der Waals surface area (Å²) in [7, 11) is 0. The highest BCUT2D eigenvalue weighted by atomic mass is 79.9. The van der Waals surface area contributed by atoms with E-state index in [2.05, 4.69) is 15.9 Å². The Morgan fingerprint density at radius 1 is 1.38 bits per heavy atom. The molecule has 0 amide bonds. The second-order valence-electron chi connectivity index (χ2n) is 4.85. The highest BCUT2D eigenvalue weighted by molar-refractivity contribution is 9.10. The van der Waals surface area contributed by atoms with Crippen LogP contribution in [0, 0.1) is 5.82 Å². The molecular formula is C16H11BrClFO2. The van der Waals surface area contributed by atoms with E-state index in [1.165, 1.54) is 18.2 Å². The summed E-state index contributed by atoms with van der Waals surface area (Å²) in [5.41, 5.74) is 1.75. The van der Waals surface area contributed by atoms with E-state index in [0.717, 1.165) is 27.8 Å². The third-order valence-electron chi connectivity index (χ3n) is 3.42. The molecule has 0 N–H and O–H groups in total. The third kappa shape index (κ3) is 2.83. The van der Waals surface area contributed by atoms with E-state index in [-0.39, 0.29) is 22.8 Å². The summed E-state index contributed by atoms with van der Waals surface area (Å²) in [5.74, 6) is -0.215. The first-order valence-electron chi connectivity index (χ1n) is 6.47. The van der Waals surface area contributed by atoms with E-state index in [9.17, 15) is 9.18 Å². The molecule has 1 aliphatic rings. The number of benzene rings is 2. The van der Waals surface area contributed by atoms with Crippen molar-refractivity contribution >= 4 is 33.3 Å². The highest BCUT2D eigenvalue weighted by Crippen LogP contribution is 2.34. The number of carbonyl (C=O) groups is 1. The Morgan fingerprint density at radius 3 is 2.95 bits per heavy atom. The summed E-state index contributed by atoms with van der Waals surface area (Å²) in [6, 6.07) is 8.04. The SMILES string of the molecule is O=C(Cc1cc(Br)cc2c1OCC2)c1c(F)cccc1Cl. The molecule has 2 aromatic carbocycles. The third-order valence-corrected chi connectivity index (χ3v) is 4.19. The molecule has 0 radical (unpaired) electrons. The van der Waals surface area contributed by atoms with Crippen molar-refractivity contribution in [1.29, 1.82) is 0 Å². The second kappa shape index (κ2) is 5.78. The number of hydrogen-bond acceptors (Lipinski definition) is 2. The molecule has 21 heavy (non-hydrogen) atoms. The Morgan fingerprint density at radius 2 is 2.19 bits per heavy atom. The molecule has 0 atom stereocenters. The van der Waals surface area contributed by atoms with E-state index >= 15 is 0 Å². The molecule has 0 unspecified atom stereocenters. The Balaban J connectivity index is 1.96. The Labute approximate surface area is 135 Å². The molecule has 1 heterocycles. The van der Waals surface area contributed by atoms with E-state index in [1.807, 2.05) is 12.1 Å². The molecule has 0 spiro atoms. The van der Waals surface area contributed by atoms with E-state index in [4.69, 9.17) is 16.3 Å². The molecule has 0 saturated heterocycles. The van der Waals surface area contributed by atoms with Gasteiger partial charge in [0, 0.05) is 22.9 Å². The lowest BCUT2D eigenvalue weighted by atomic mass is 9.99. The lowest BCUT2D eigenvalue weighted by Crippen LogP contribution is -2.08. The van der Waals surface area contributed by atoms with E-state index < -0.39 is 5.82 Å². The van der Waals surface area contributed by atoms with Crippen LogP contribution in [0.3, 0.4) is 0 Å². The van der Waals surface area contributed by atoms with Crippen LogP contribution in [-0.4, -0.2) is 12.4 Å². The smallest absolute Gasteiger partial charge is 0.171 e. The first-order chi connectivity index (χ1) is 10.1. The minimum absolute atomic E-state index is 0.0580. The van der Waals surface area contributed by atoms with Gasteiger partial charge in [0.15, 0.2) is 5.78 Å². The van der Waals surface area contributed by atoms with Gasteiger partial charge in [-0.3, -0.25) is 4.79 Å². The minimum atomic E-state index is -0.597. The van der Waals surface area contributed by atoms with Gasteiger partial charge in [-0.25, -0.2) is 4.39 Å². The fourth-order valence-corrected chi connectivity index (χ4v) is 3.32. The quantitative estimate of drug-likeness (QED) is 0.739. The van der Waals surface area contributed by atoms with Gasteiger partial charge in [0.25, 0.3) is 0 Å². The van der Waals surface area contributed by atoms with Gasteiger partial charge in [-0.15, -0.1) is 0 Å². The van der Waals surface area contributed by atoms with Gasteiger partial charge in [-0.05, 0) is 29.8 Å². The number of ketones is 1. The van der Waals surface area contributed by atoms with Crippen molar-refractivity contribution in [3.63, 3.8) is 0 Å². The second-order valence-corrected chi connectivity index (χ2v) is 6.17. The van der Waals surface area contributed by atoms with Crippen molar-refractivity contribution in [2.45, 2.75) is 12.8 Å². The molecule has 0 saturated carbocycles. The summed E-state index contributed by atoms with van der Waals surface area (Å²) in [4.78, 5) is 12.4. The lowest BCUT2D eigenvalue weighted by molar-refractivity contribution is 0.0988. The number of ether oxygens (including phenoxy) is 1. The van der Waals surface area contributed by atoms with Gasteiger partial charge in [0.2, 0.25) is 0 Å². The molecule has 1 aliphatic heterocycles. The van der Waals surface area contributed by atoms with Crippen molar-refractivity contribution in [2.75, 3.05) is 6.61 Å². The molecule has 3 rings (SSSR count). The maximum atomic E-state index is 13.8. The fraction of sp³-hybridized carbons (Fsp3) is 0.188. The Hall–Kier alpha value is -1.39. The fourth-order valence-electron chi connectivity index (χ4n) is 2.50. The van der Waals surface area contributed by atoms with Crippen LogP contribution in [0.5, 0.6) is 5.75 Å². The van der Waals surface area contributed by atoms with Gasteiger partial charge in [-0.1, -0.05) is 33.6 Å². The Bertz CT molecular complexity index is 710. The van der Waals surface area contributed by atoms with Gasteiger partial charge in [-0.2, -0.15) is 0 Å². The number of Topliss-reactive ketones (excluding diaryl/α,β-unsaturated/α-hetero) is 1. The molecule has 0 aromatic heterocycles. The predicted octanol–water partition coefficient (Wildman–Crippen LogP) is 4.60. The summed E-state index contributed by atoms with van der Waals surface area (Å²) >= 11 is 9.36. The molecule has 2 aromatic rings. The summed E-state index contributed by atoms with van der Waals surface area (Å²) in [6.45, 7) is 0.605. The van der Waals surface area contributed by atoms with Crippen LogP contribution in [0.4, 0.5) is 4.39 Å². The zero-order chi connectivity index (χ0) is 15.0. The van der Waals surface area contributed by atoms with Crippen LogP contribution in [0.25, 0.3) is 0 Å². The summed E-state index contributed by atoms with van der Waals surface area (Å²) in [6.07, 6.45) is 0.874. The van der Waals surface area contributed by atoms with Crippen LogP contribution in [0.1, 0.15) is 21.5 Å². The zero-order valence-electron chi connectivity index (χ0n) is 11.0. The van der Waals surface area contributed by atoms with Gasteiger partial charge >= 0.3 is 0 Å². The van der Waals surface area contributed by atoms with Crippen molar-refractivity contribution in [2.24, 2.45) is 0 Å². The van der Waals surface area contributed by atoms with Crippen LogP contribution in [-0.2, 0) is 12.8 Å². The topological polar surface area (TPSA) is 26.3 Å². The highest BCUT2D eigenvalue weighted by Gasteiger charge is 2.22. The number of fused-ring (bicyclic) bond motifs is 1. The van der Waals surface area contributed by atoms with Crippen molar-refractivity contribution < 1.29 is 13.9 Å². The molecule has 0 fully saturated rings. The van der Waals surface area contributed by atoms with Crippen LogP contribution in [0.2, 0.25) is 5.02 Å². The zero-order valence-corrected chi connectivity index (χ0v) is 13.3. The maximum absolute atomic E-state index is 13.8. The van der Waals surface area contributed by atoms with Gasteiger partial charge in [0.1, 0.15) is 11.6 Å². The maximum Gasteiger partial charge on any atom is 0.171 e. The number of halogens is 3. The Kier molecular flexibility index (Phi) is 4.00. The summed E-state index contributed by atoms with van der Waals surface area (Å²) in [5, 5.41) is 0.132. The summed E-state index contributed by atoms with van der Waals surface area (Å²) < 4.78 is 20.3. The normalized spacial score (nSPS) is 12.9. The lowest BCUT2D eigenvalue weighted by Gasteiger charge is -2.10. The standard InChI is InChI=1S/C16H11BrClFO2/c17-11-6-9-4-5-21-16(9)10(7-11)8-14(20)15-12(18)2-1-3-13(15)19/h1-3,6-7H,4-5,8H2. The molecule has 0 aliphatic carbocycles. The average Bonchev–Trinajstić information content (AvgIpc) is 2.86. The predicted molar refractivity (Wildman–Crippen MR) is 82.8 cm³/mol. The largest absolute Gasteiger partial charge is 0.493 e. The van der Waals surface area contributed by atoms with Crippen molar-refractivity contribution in [3.05, 3.63) is 62.3 Å². The van der Waals surface area contributed by atoms with E-state index in [0.29, 0.717) is 6.61 Å². The van der Waals surface area contributed by atoms with Crippen LogP contribution in [0.15, 0.2) is 34.8 Å². The minimum Gasteiger partial charge on any atom is -0.493 e.